The topological polar surface area (TPSA) is 107 Å². The molecule has 1 aliphatic carbocycles. The summed E-state index contributed by atoms with van der Waals surface area (Å²) >= 11 is 0. The third kappa shape index (κ3) is 4.03. The van der Waals surface area contributed by atoms with Crippen LogP contribution in [0.5, 0.6) is 0 Å². The lowest BCUT2D eigenvalue weighted by Crippen LogP contribution is -2.60. The number of carbonyl (C=O) groups is 1. The molecule has 0 radical (unpaired) electrons. The first-order valence-corrected chi connectivity index (χ1v) is 12.2. The molecule has 37 heavy (non-hydrogen) atoms. The van der Waals surface area contributed by atoms with Crippen LogP contribution in [0.2, 0.25) is 0 Å². The van der Waals surface area contributed by atoms with Gasteiger partial charge in [-0.15, -0.1) is 0 Å². The van der Waals surface area contributed by atoms with Gasteiger partial charge in [0, 0.05) is 61.1 Å². The maximum absolute atomic E-state index is 13.6. The minimum absolute atomic E-state index is 0.152. The minimum atomic E-state index is -1.02. The van der Waals surface area contributed by atoms with Crippen molar-refractivity contribution in [1.82, 2.24) is 34.5 Å². The maximum Gasteiger partial charge on any atom is 0.254 e. The average Bonchev–Trinajstić information content (AvgIpc) is 3.57. The number of aromatic nitrogens is 5. The van der Waals surface area contributed by atoms with Gasteiger partial charge in [0.1, 0.15) is 12.0 Å². The van der Waals surface area contributed by atoms with Gasteiger partial charge >= 0.3 is 0 Å². The molecule has 1 amide bonds. The lowest BCUT2D eigenvalue weighted by molar-refractivity contribution is -0.0158. The van der Waals surface area contributed by atoms with E-state index in [2.05, 4.69) is 31.0 Å². The van der Waals surface area contributed by atoms with Gasteiger partial charge < -0.3 is 9.88 Å². The number of nitriles is 1. The number of hydrogen-bond acceptors (Lipinski definition) is 6. The van der Waals surface area contributed by atoms with Crippen LogP contribution in [-0.2, 0) is 5.54 Å². The molecule has 0 atom stereocenters. The summed E-state index contributed by atoms with van der Waals surface area (Å²) in [6, 6.07) is 7.79. The van der Waals surface area contributed by atoms with Crippen LogP contribution < -0.4 is 0 Å². The highest BCUT2D eigenvalue weighted by Gasteiger charge is 2.49. The van der Waals surface area contributed by atoms with Gasteiger partial charge in [-0.2, -0.15) is 10.4 Å². The van der Waals surface area contributed by atoms with Crippen molar-refractivity contribution in [3.05, 3.63) is 66.4 Å². The predicted octanol–water partition coefficient (Wildman–Crippen LogP) is 3.33. The molecule has 1 aromatic carbocycles. The largest absolute Gasteiger partial charge is 0.346 e. The Morgan fingerprint density at radius 1 is 1.14 bits per heavy atom. The van der Waals surface area contributed by atoms with Gasteiger partial charge in [0.15, 0.2) is 11.6 Å². The molecule has 3 aromatic heterocycles. The Morgan fingerprint density at radius 2 is 1.95 bits per heavy atom. The molecular weight excluding hydrogens is 478 g/mol. The second-order valence-corrected chi connectivity index (χ2v) is 9.71. The van der Waals surface area contributed by atoms with Gasteiger partial charge in [0.05, 0.1) is 29.9 Å². The van der Waals surface area contributed by atoms with Crippen LogP contribution in [-0.4, -0.2) is 72.7 Å². The lowest BCUT2D eigenvalue weighted by atomic mass is 9.70. The molecule has 4 aromatic rings. The first kappa shape index (κ1) is 23.2. The van der Waals surface area contributed by atoms with E-state index < -0.39 is 11.6 Å². The van der Waals surface area contributed by atoms with Gasteiger partial charge in [0.2, 0.25) is 0 Å². The third-order valence-corrected chi connectivity index (χ3v) is 7.62. The number of benzene rings is 1. The van der Waals surface area contributed by atoms with Crippen molar-refractivity contribution in [2.45, 2.75) is 30.8 Å². The third-order valence-electron chi connectivity index (χ3n) is 7.62. The van der Waals surface area contributed by atoms with Crippen molar-refractivity contribution in [2.75, 3.05) is 26.2 Å². The lowest BCUT2D eigenvalue weighted by Gasteiger charge is -2.52. The molecule has 1 aliphatic heterocycles. The highest BCUT2D eigenvalue weighted by atomic mass is 19.2. The van der Waals surface area contributed by atoms with Crippen LogP contribution in [0.3, 0.4) is 0 Å². The number of nitrogens with zero attached hydrogens (tertiary/aromatic N) is 7. The van der Waals surface area contributed by atoms with Gasteiger partial charge in [0.25, 0.3) is 5.91 Å². The van der Waals surface area contributed by atoms with Crippen LogP contribution in [0, 0.1) is 23.0 Å². The smallest absolute Gasteiger partial charge is 0.254 e. The quantitative estimate of drug-likeness (QED) is 0.449. The SMILES string of the molecule is N#CCC1(n2cc(-c3ncnc4[nH]ccc34)cn2)CC(N2CCN(C(=O)c3ccc(F)c(F)c3)CC2)C1. The summed E-state index contributed by atoms with van der Waals surface area (Å²) in [7, 11) is 0. The van der Waals surface area contributed by atoms with E-state index >= 15 is 0 Å². The molecule has 1 N–H and O–H groups in total. The van der Waals surface area contributed by atoms with Crippen LogP contribution in [0.25, 0.3) is 22.3 Å². The molecule has 2 fully saturated rings. The minimum Gasteiger partial charge on any atom is -0.346 e. The van der Waals surface area contributed by atoms with E-state index in [-0.39, 0.29) is 23.1 Å². The Balaban J connectivity index is 1.12. The molecule has 0 spiro atoms. The zero-order valence-corrected chi connectivity index (χ0v) is 19.9. The van der Waals surface area contributed by atoms with E-state index in [0.717, 1.165) is 47.3 Å². The maximum atomic E-state index is 13.6. The van der Waals surface area contributed by atoms with E-state index in [1.165, 1.54) is 12.4 Å². The molecule has 1 saturated carbocycles. The summed E-state index contributed by atoms with van der Waals surface area (Å²) in [4.78, 5) is 28.5. The fraction of sp³-hybridized carbons (Fsp3) is 0.346. The number of hydrogen-bond donors (Lipinski definition) is 1. The molecule has 4 heterocycles. The van der Waals surface area contributed by atoms with Crippen molar-refractivity contribution in [3.63, 3.8) is 0 Å². The molecule has 2 aliphatic rings. The van der Waals surface area contributed by atoms with Crippen molar-refractivity contribution in [3.8, 4) is 17.3 Å². The number of amides is 1. The second-order valence-electron chi connectivity index (χ2n) is 9.71. The number of carbonyl (C=O) groups excluding carboxylic acids is 1. The second kappa shape index (κ2) is 9.05. The highest BCUT2D eigenvalue weighted by molar-refractivity contribution is 5.94. The Labute approximate surface area is 211 Å². The zero-order valence-electron chi connectivity index (χ0n) is 19.9. The van der Waals surface area contributed by atoms with E-state index in [4.69, 9.17) is 0 Å². The van der Waals surface area contributed by atoms with E-state index in [0.29, 0.717) is 32.6 Å². The fourth-order valence-electron chi connectivity index (χ4n) is 5.54. The molecule has 0 unspecified atom stereocenters. The van der Waals surface area contributed by atoms with Gasteiger partial charge in [-0.05, 0) is 37.1 Å². The molecule has 9 nitrogen and oxygen atoms in total. The predicted molar refractivity (Wildman–Crippen MR) is 130 cm³/mol. The monoisotopic (exact) mass is 502 g/mol. The summed E-state index contributed by atoms with van der Waals surface area (Å²) in [6.07, 6.45) is 9.00. The Hall–Kier alpha value is -4.17. The number of halogens is 2. The Bertz CT molecular complexity index is 1510. The van der Waals surface area contributed by atoms with Crippen molar-refractivity contribution < 1.29 is 13.6 Å². The van der Waals surface area contributed by atoms with Crippen molar-refractivity contribution in [2.24, 2.45) is 0 Å². The number of aromatic amines is 1. The van der Waals surface area contributed by atoms with Crippen LogP contribution >= 0.6 is 0 Å². The summed E-state index contributed by atoms with van der Waals surface area (Å²) < 4.78 is 28.7. The molecular formula is C26H24F2N8O. The molecule has 6 rings (SSSR count). The molecule has 11 heteroatoms. The van der Waals surface area contributed by atoms with E-state index in [1.807, 2.05) is 23.1 Å². The number of piperazine rings is 1. The molecule has 188 valence electrons. The van der Waals surface area contributed by atoms with Gasteiger partial charge in [-0.3, -0.25) is 14.4 Å². The van der Waals surface area contributed by atoms with Crippen molar-refractivity contribution >= 4 is 16.9 Å². The summed E-state index contributed by atoms with van der Waals surface area (Å²) in [5.41, 5.74) is 2.19. The Morgan fingerprint density at radius 3 is 2.70 bits per heavy atom. The first-order chi connectivity index (χ1) is 18.0. The van der Waals surface area contributed by atoms with Crippen LogP contribution in [0.1, 0.15) is 29.6 Å². The fourth-order valence-corrected chi connectivity index (χ4v) is 5.54. The molecule has 0 bridgehead atoms. The number of nitrogens with one attached hydrogen (secondary N) is 1. The van der Waals surface area contributed by atoms with Crippen LogP contribution in [0.15, 0.2) is 49.2 Å². The number of H-pyrrole nitrogens is 1. The summed E-state index contributed by atoms with van der Waals surface area (Å²) in [5.74, 6) is -2.28. The average molecular weight is 503 g/mol. The summed E-state index contributed by atoms with van der Waals surface area (Å²) in [5, 5.41) is 15.1. The number of fused-ring (bicyclic) bond motifs is 1. The van der Waals surface area contributed by atoms with Crippen molar-refractivity contribution in [1.29, 1.82) is 5.26 Å². The van der Waals surface area contributed by atoms with Crippen LogP contribution in [0.4, 0.5) is 8.78 Å². The summed E-state index contributed by atoms with van der Waals surface area (Å²) in [6.45, 7) is 2.37. The molecule has 1 saturated heterocycles. The Kier molecular flexibility index (Phi) is 5.68. The van der Waals surface area contributed by atoms with E-state index in [9.17, 15) is 18.8 Å². The first-order valence-electron chi connectivity index (χ1n) is 12.2. The standard InChI is InChI=1S/C26H24F2N8O/c27-21-2-1-17(11-22(21)28)25(37)35-9-7-34(8-10-35)19-12-26(13-19,4-5-29)36-15-18(14-33-36)23-20-3-6-30-24(20)32-16-31-23/h1-3,6,11,14-16,19H,4,7-10,12-13H2,(H,30,31,32). The number of rotatable bonds is 5. The van der Waals surface area contributed by atoms with E-state index in [1.54, 1.807) is 11.1 Å². The van der Waals surface area contributed by atoms with Gasteiger partial charge in [-0.25, -0.2) is 18.7 Å². The van der Waals surface area contributed by atoms with Gasteiger partial charge in [-0.1, -0.05) is 0 Å². The highest BCUT2D eigenvalue weighted by Crippen LogP contribution is 2.45. The zero-order chi connectivity index (χ0) is 25.6. The normalized spacial score (nSPS) is 22.1.